The number of nitrogens with one attached hydrogen (secondary N) is 2. The summed E-state index contributed by atoms with van der Waals surface area (Å²) < 4.78 is 20.3. The number of rotatable bonds is 8. The highest BCUT2D eigenvalue weighted by Gasteiger charge is 2.33. The molecule has 1 atom stereocenters. The summed E-state index contributed by atoms with van der Waals surface area (Å²) in [4.78, 5) is 52.7. The fourth-order valence-corrected chi connectivity index (χ4v) is 4.32. The van der Waals surface area contributed by atoms with Crippen LogP contribution < -0.4 is 20.4 Å². The van der Waals surface area contributed by atoms with Gasteiger partial charge in [0.15, 0.2) is 0 Å². The molecule has 2 saturated heterocycles. The van der Waals surface area contributed by atoms with Gasteiger partial charge >= 0.3 is 6.09 Å². The van der Waals surface area contributed by atoms with Gasteiger partial charge in [-0.05, 0) is 29.8 Å². The number of halogens is 1. The largest absolute Gasteiger partial charge is 0.442 e. The molecule has 10 nitrogen and oxygen atoms in total. The highest BCUT2D eigenvalue weighted by atomic mass is 19.1. The molecule has 4 rings (SSSR count). The van der Waals surface area contributed by atoms with Crippen LogP contribution in [-0.4, -0.2) is 80.6 Å². The Bertz CT molecular complexity index is 1210. The number of carbonyl (C=O) groups is 4. The molecule has 0 unspecified atom stereocenters. The lowest BCUT2D eigenvalue weighted by Gasteiger charge is -2.36. The van der Waals surface area contributed by atoms with Crippen molar-refractivity contribution in [3.8, 4) is 0 Å². The zero-order valence-electron chi connectivity index (χ0n) is 21.1. The molecule has 2 aliphatic rings. The van der Waals surface area contributed by atoms with Gasteiger partial charge in [-0.3, -0.25) is 29.5 Å². The van der Waals surface area contributed by atoms with Crippen LogP contribution in [0.5, 0.6) is 0 Å². The summed E-state index contributed by atoms with van der Waals surface area (Å²) in [5, 5.41) is 4.97. The van der Waals surface area contributed by atoms with E-state index >= 15 is 4.39 Å². The molecule has 11 heteroatoms. The first-order valence-electron chi connectivity index (χ1n) is 12.3. The Morgan fingerprint density at radius 2 is 1.82 bits per heavy atom. The van der Waals surface area contributed by atoms with Crippen LogP contribution in [0.15, 0.2) is 54.6 Å². The van der Waals surface area contributed by atoms with Crippen LogP contribution in [0.3, 0.4) is 0 Å². The Kier molecular flexibility index (Phi) is 8.70. The second-order valence-corrected chi connectivity index (χ2v) is 9.11. The highest BCUT2D eigenvalue weighted by Crippen LogP contribution is 2.28. The topological polar surface area (TPSA) is 111 Å². The van der Waals surface area contributed by atoms with Crippen LogP contribution in [0.25, 0.3) is 6.08 Å². The third-order valence-corrected chi connectivity index (χ3v) is 6.27. The third-order valence-electron chi connectivity index (χ3n) is 6.27. The Labute approximate surface area is 220 Å². The molecule has 0 saturated carbocycles. The van der Waals surface area contributed by atoms with Gasteiger partial charge < -0.3 is 15.0 Å². The van der Waals surface area contributed by atoms with Crippen molar-refractivity contribution in [3.63, 3.8) is 0 Å². The standard InChI is InChI=1S/C27H30FN5O5/c1-19(34)29-16-22-17-33(27(37)38-22)21-8-9-24(23(28)15-21)32-13-11-31(12-14-32)18-26(36)30-25(35)10-7-20-5-3-2-4-6-20/h2-10,15,22H,11-14,16-18H2,1H3,(H,29,34)(H,30,35,36)/b10-7+/t22-/m0/s1. The molecular formula is C27H30FN5O5. The van der Waals surface area contributed by atoms with E-state index in [-0.39, 0.29) is 25.5 Å². The lowest BCUT2D eigenvalue weighted by Crippen LogP contribution is -2.50. The summed E-state index contributed by atoms with van der Waals surface area (Å²) >= 11 is 0. The average Bonchev–Trinajstić information content (AvgIpc) is 3.27. The van der Waals surface area contributed by atoms with Crippen molar-refractivity contribution >= 4 is 41.3 Å². The fraction of sp³-hybridized carbons (Fsp3) is 0.333. The van der Waals surface area contributed by atoms with Crippen LogP contribution in [-0.2, 0) is 19.1 Å². The lowest BCUT2D eigenvalue weighted by atomic mass is 10.2. The minimum atomic E-state index is -0.589. The van der Waals surface area contributed by atoms with Crippen LogP contribution >= 0.6 is 0 Å². The highest BCUT2D eigenvalue weighted by molar-refractivity contribution is 6.03. The van der Waals surface area contributed by atoms with Crippen molar-refractivity contribution in [2.24, 2.45) is 0 Å². The first kappa shape index (κ1) is 26.8. The predicted octanol–water partition coefficient (Wildman–Crippen LogP) is 1.77. The number of hydrogen-bond donors (Lipinski definition) is 2. The average molecular weight is 524 g/mol. The number of imide groups is 1. The number of benzene rings is 2. The number of piperazine rings is 1. The second-order valence-electron chi connectivity index (χ2n) is 9.11. The molecule has 2 aliphatic heterocycles. The summed E-state index contributed by atoms with van der Waals surface area (Å²) in [6.45, 7) is 3.88. The van der Waals surface area contributed by atoms with Gasteiger partial charge in [-0.25, -0.2) is 9.18 Å². The van der Waals surface area contributed by atoms with Gasteiger partial charge in [0.1, 0.15) is 11.9 Å². The van der Waals surface area contributed by atoms with E-state index < -0.39 is 29.8 Å². The molecule has 2 aromatic rings. The quantitative estimate of drug-likeness (QED) is 0.508. The smallest absolute Gasteiger partial charge is 0.414 e. The zero-order valence-corrected chi connectivity index (χ0v) is 21.1. The van der Waals surface area contributed by atoms with Crippen molar-refractivity contribution in [3.05, 3.63) is 66.0 Å². The van der Waals surface area contributed by atoms with Crippen LogP contribution in [0, 0.1) is 5.82 Å². The maximum absolute atomic E-state index is 15.0. The van der Waals surface area contributed by atoms with E-state index in [2.05, 4.69) is 10.6 Å². The number of hydrogen-bond acceptors (Lipinski definition) is 7. The predicted molar refractivity (Wildman–Crippen MR) is 140 cm³/mol. The molecule has 2 aromatic carbocycles. The van der Waals surface area contributed by atoms with E-state index in [0.29, 0.717) is 37.6 Å². The second kappa shape index (κ2) is 12.3. The van der Waals surface area contributed by atoms with E-state index in [1.807, 2.05) is 40.1 Å². The van der Waals surface area contributed by atoms with Crippen LogP contribution in [0.4, 0.5) is 20.6 Å². The molecule has 0 aliphatic carbocycles. The van der Waals surface area contributed by atoms with Crippen molar-refractivity contribution in [2.75, 3.05) is 55.6 Å². The lowest BCUT2D eigenvalue weighted by molar-refractivity contribution is -0.128. The van der Waals surface area contributed by atoms with Crippen molar-refractivity contribution < 1.29 is 28.3 Å². The molecule has 2 heterocycles. The molecule has 0 radical (unpaired) electrons. The summed E-state index contributed by atoms with van der Waals surface area (Å²) in [6, 6.07) is 13.9. The first-order chi connectivity index (χ1) is 18.3. The number of anilines is 2. The maximum Gasteiger partial charge on any atom is 0.414 e. The number of amides is 4. The normalized spacial score (nSPS) is 17.9. The molecule has 2 N–H and O–H groups in total. The Morgan fingerprint density at radius 1 is 1.08 bits per heavy atom. The van der Waals surface area contributed by atoms with Gasteiger partial charge in [-0.1, -0.05) is 30.3 Å². The molecule has 0 bridgehead atoms. The van der Waals surface area contributed by atoms with Gasteiger partial charge in [-0.15, -0.1) is 0 Å². The number of ether oxygens (including phenoxy) is 1. The zero-order chi connectivity index (χ0) is 27.1. The molecular weight excluding hydrogens is 493 g/mol. The van der Waals surface area contributed by atoms with E-state index in [9.17, 15) is 19.2 Å². The van der Waals surface area contributed by atoms with Gasteiger partial charge in [0, 0.05) is 39.2 Å². The molecule has 4 amide bonds. The third kappa shape index (κ3) is 7.16. The van der Waals surface area contributed by atoms with Gasteiger partial charge in [0.05, 0.1) is 31.0 Å². The van der Waals surface area contributed by atoms with E-state index in [1.165, 1.54) is 24.0 Å². The summed E-state index contributed by atoms with van der Waals surface area (Å²) in [6.07, 6.45) is 1.86. The minimum Gasteiger partial charge on any atom is -0.442 e. The Balaban J connectivity index is 1.25. The van der Waals surface area contributed by atoms with Crippen molar-refractivity contribution in [2.45, 2.75) is 13.0 Å². The minimum absolute atomic E-state index is 0.0664. The molecule has 200 valence electrons. The van der Waals surface area contributed by atoms with Crippen LogP contribution in [0.2, 0.25) is 0 Å². The molecule has 0 spiro atoms. The summed E-state index contributed by atoms with van der Waals surface area (Å²) in [5.74, 6) is -1.57. The number of nitrogens with zero attached hydrogens (tertiary/aromatic N) is 3. The fourth-order valence-electron chi connectivity index (χ4n) is 4.32. The van der Waals surface area contributed by atoms with Gasteiger partial charge in [-0.2, -0.15) is 0 Å². The molecule has 0 aromatic heterocycles. The monoisotopic (exact) mass is 523 g/mol. The van der Waals surface area contributed by atoms with Crippen molar-refractivity contribution in [1.29, 1.82) is 0 Å². The molecule has 38 heavy (non-hydrogen) atoms. The van der Waals surface area contributed by atoms with Gasteiger partial charge in [0.2, 0.25) is 11.8 Å². The van der Waals surface area contributed by atoms with E-state index in [4.69, 9.17) is 4.74 Å². The first-order valence-corrected chi connectivity index (χ1v) is 12.3. The number of carbonyl (C=O) groups excluding carboxylic acids is 4. The van der Waals surface area contributed by atoms with E-state index in [0.717, 1.165) is 5.56 Å². The summed E-state index contributed by atoms with van der Waals surface area (Å²) in [5.41, 5.74) is 1.64. The van der Waals surface area contributed by atoms with Gasteiger partial charge in [0.25, 0.3) is 5.91 Å². The summed E-state index contributed by atoms with van der Waals surface area (Å²) in [7, 11) is 0. The van der Waals surface area contributed by atoms with Crippen LogP contribution in [0.1, 0.15) is 12.5 Å². The van der Waals surface area contributed by atoms with E-state index in [1.54, 1.807) is 18.2 Å². The number of cyclic esters (lactones) is 1. The maximum atomic E-state index is 15.0. The van der Waals surface area contributed by atoms with Crippen molar-refractivity contribution in [1.82, 2.24) is 15.5 Å². The molecule has 2 fully saturated rings. The Morgan fingerprint density at radius 3 is 2.50 bits per heavy atom. The SMILES string of the molecule is CC(=O)NC[C@H]1CN(c2ccc(N3CCN(CC(=O)NC(=O)/C=C/c4ccccc4)CC3)c(F)c2)C(=O)O1. The Hall–Kier alpha value is -4.25.